The van der Waals surface area contributed by atoms with Crippen LogP contribution in [0, 0.1) is 0 Å². The monoisotopic (exact) mass is 204 g/mol. The van der Waals surface area contributed by atoms with Crippen LogP contribution in [0.1, 0.15) is 53.9 Å². The smallest absolute Gasteiger partial charge is 0.00654 e. The fourth-order valence-electron chi connectivity index (χ4n) is 1.19. The molecule has 0 rings (SSSR count). The van der Waals surface area contributed by atoms with Crippen molar-refractivity contribution in [2.24, 2.45) is 0 Å². The van der Waals surface area contributed by atoms with Gasteiger partial charge in [-0.15, -0.1) is 5.73 Å². The van der Waals surface area contributed by atoms with Crippen molar-refractivity contribution in [3.63, 3.8) is 0 Å². The maximum absolute atomic E-state index is 3.23. The van der Waals surface area contributed by atoms with Crippen LogP contribution in [0.5, 0.6) is 0 Å². The molecular formula is C15H24. The van der Waals surface area contributed by atoms with E-state index in [4.69, 9.17) is 0 Å². The lowest BCUT2D eigenvalue weighted by Crippen LogP contribution is -1.77. The summed E-state index contributed by atoms with van der Waals surface area (Å²) in [5, 5.41) is 0. The van der Waals surface area contributed by atoms with Crippen LogP contribution in [0.3, 0.4) is 0 Å². The van der Waals surface area contributed by atoms with E-state index in [1.54, 1.807) is 0 Å². The summed E-state index contributed by atoms with van der Waals surface area (Å²) >= 11 is 0. The first-order chi connectivity index (χ1) is 7.06. The quantitative estimate of drug-likeness (QED) is 0.427. The normalized spacial score (nSPS) is 12.3. The van der Waals surface area contributed by atoms with E-state index < -0.39 is 0 Å². The Morgan fingerprint density at radius 3 is 2.27 bits per heavy atom. The van der Waals surface area contributed by atoms with Crippen molar-refractivity contribution >= 4 is 0 Å². The van der Waals surface area contributed by atoms with Gasteiger partial charge < -0.3 is 0 Å². The van der Waals surface area contributed by atoms with Gasteiger partial charge in [-0.05, 0) is 65.5 Å². The topological polar surface area (TPSA) is 0 Å². The molecule has 0 saturated carbocycles. The fourth-order valence-corrected chi connectivity index (χ4v) is 1.19. The van der Waals surface area contributed by atoms with E-state index in [9.17, 15) is 0 Å². The molecule has 0 aliphatic carbocycles. The number of rotatable bonds is 5. The lowest BCUT2D eigenvalue weighted by molar-refractivity contribution is 0.957. The molecule has 0 heteroatoms. The van der Waals surface area contributed by atoms with E-state index in [-0.39, 0.29) is 0 Å². The predicted octanol–water partition coefficient (Wildman–Crippen LogP) is 5.19. The Balaban J connectivity index is 3.96. The molecule has 0 spiro atoms. The van der Waals surface area contributed by atoms with Gasteiger partial charge in [-0.3, -0.25) is 0 Å². The molecule has 0 heterocycles. The second-order valence-corrected chi connectivity index (χ2v) is 4.28. The van der Waals surface area contributed by atoms with Gasteiger partial charge in [0, 0.05) is 0 Å². The van der Waals surface area contributed by atoms with E-state index in [1.807, 2.05) is 0 Å². The first-order valence-corrected chi connectivity index (χ1v) is 5.72. The summed E-state index contributed by atoms with van der Waals surface area (Å²) in [7, 11) is 0. The zero-order chi connectivity index (χ0) is 11.7. The Labute approximate surface area is 95.1 Å². The van der Waals surface area contributed by atoms with E-state index in [0.717, 1.165) is 12.8 Å². The van der Waals surface area contributed by atoms with Gasteiger partial charge >= 0.3 is 0 Å². The zero-order valence-corrected chi connectivity index (χ0v) is 10.9. The third kappa shape index (κ3) is 9.31. The lowest BCUT2D eigenvalue weighted by Gasteiger charge is -1.98. The Bertz CT molecular complexity index is 290. The van der Waals surface area contributed by atoms with Crippen LogP contribution >= 0.6 is 0 Å². The summed E-state index contributed by atoms with van der Waals surface area (Å²) in [4.78, 5) is 0. The van der Waals surface area contributed by atoms with Crippen LogP contribution in [-0.4, -0.2) is 0 Å². The number of hydrogen-bond donors (Lipinski definition) is 0. The summed E-state index contributed by atoms with van der Waals surface area (Å²) < 4.78 is 0. The highest BCUT2D eigenvalue weighted by Crippen LogP contribution is 2.08. The van der Waals surface area contributed by atoms with Crippen LogP contribution in [0.25, 0.3) is 0 Å². The maximum Gasteiger partial charge on any atom is -0.00654 e. The molecule has 0 radical (unpaired) electrons. The third-order valence-electron chi connectivity index (χ3n) is 2.34. The van der Waals surface area contributed by atoms with Crippen LogP contribution in [0.2, 0.25) is 0 Å². The molecule has 0 amide bonds. The van der Waals surface area contributed by atoms with E-state index in [0.29, 0.717) is 0 Å². The van der Waals surface area contributed by atoms with Crippen molar-refractivity contribution in [1.82, 2.24) is 0 Å². The van der Waals surface area contributed by atoms with Gasteiger partial charge in [0.25, 0.3) is 0 Å². The Kier molecular flexibility index (Phi) is 7.77. The molecule has 0 aromatic rings. The van der Waals surface area contributed by atoms with E-state index in [2.05, 4.69) is 58.6 Å². The molecule has 0 N–H and O–H groups in total. The predicted molar refractivity (Wildman–Crippen MR) is 70.0 cm³/mol. The Morgan fingerprint density at radius 2 is 1.73 bits per heavy atom. The van der Waals surface area contributed by atoms with Crippen LogP contribution in [0.4, 0.5) is 0 Å². The average molecular weight is 204 g/mol. The van der Waals surface area contributed by atoms with Crippen molar-refractivity contribution in [2.45, 2.75) is 53.9 Å². The van der Waals surface area contributed by atoms with Gasteiger partial charge in [0.15, 0.2) is 0 Å². The highest BCUT2D eigenvalue weighted by Gasteiger charge is 1.88. The first kappa shape index (κ1) is 14.0. The van der Waals surface area contributed by atoms with Crippen molar-refractivity contribution in [3.8, 4) is 0 Å². The standard InChI is InChI=1S/C15H24/c1-6-14(4)10-8-12-15(5)11-7-9-13(2)3/h6-7,12H,8,10-11H2,1-5H3. The molecule has 0 saturated heterocycles. The molecule has 0 atom stereocenters. The van der Waals surface area contributed by atoms with Gasteiger partial charge in [-0.1, -0.05) is 23.3 Å². The minimum atomic E-state index is 1.03. The maximum atomic E-state index is 3.23. The third-order valence-corrected chi connectivity index (χ3v) is 2.34. The second-order valence-electron chi connectivity index (χ2n) is 4.28. The van der Waals surface area contributed by atoms with Crippen LogP contribution in [0.15, 0.2) is 40.7 Å². The summed E-state index contributed by atoms with van der Waals surface area (Å²) in [6.45, 7) is 10.6. The molecular weight excluding hydrogens is 180 g/mol. The molecule has 0 fully saturated rings. The Hall–Kier alpha value is -1.00. The van der Waals surface area contributed by atoms with Crippen LogP contribution < -0.4 is 0 Å². The molecule has 0 aromatic carbocycles. The Morgan fingerprint density at radius 1 is 1.07 bits per heavy atom. The van der Waals surface area contributed by atoms with Gasteiger partial charge in [-0.2, -0.15) is 0 Å². The van der Waals surface area contributed by atoms with Gasteiger partial charge in [0.05, 0.1) is 0 Å². The molecule has 15 heavy (non-hydrogen) atoms. The first-order valence-electron chi connectivity index (χ1n) is 5.72. The summed E-state index contributed by atoms with van der Waals surface area (Å²) in [6.07, 6.45) is 10.00. The minimum Gasteiger partial charge on any atom is -0.126 e. The number of hydrogen-bond acceptors (Lipinski definition) is 0. The molecule has 0 aliphatic heterocycles. The van der Waals surface area contributed by atoms with Gasteiger partial charge in [-0.25, -0.2) is 0 Å². The van der Waals surface area contributed by atoms with Crippen molar-refractivity contribution in [2.75, 3.05) is 0 Å². The van der Waals surface area contributed by atoms with Crippen molar-refractivity contribution < 1.29 is 0 Å². The highest BCUT2D eigenvalue weighted by molar-refractivity contribution is 5.07. The highest BCUT2D eigenvalue weighted by atomic mass is 13.9. The largest absolute Gasteiger partial charge is 0.126 e. The van der Waals surface area contributed by atoms with Crippen molar-refractivity contribution in [3.05, 3.63) is 40.7 Å². The average Bonchev–Trinajstić information content (AvgIpc) is 2.17. The zero-order valence-electron chi connectivity index (χ0n) is 10.9. The summed E-state index contributed by atoms with van der Waals surface area (Å²) in [6, 6.07) is 0. The van der Waals surface area contributed by atoms with Gasteiger partial charge in [0.2, 0.25) is 0 Å². The molecule has 0 bridgehead atoms. The summed E-state index contributed by atoms with van der Waals surface area (Å²) in [5.41, 5.74) is 7.38. The summed E-state index contributed by atoms with van der Waals surface area (Å²) in [5.74, 6) is 0. The second kappa shape index (κ2) is 8.32. The molecule has 0 unspecified atom stereocenters. The minimum absolute atomic E-state index is 1.03. The van der Waals surface area contributed by atoms with Crippen LogP contribution in [-0.2, 0) is 0 Å². The number of allylic oxidation sites excluding steroid dienone is 5. The van der Waals surface area contributed by atoms with E-state index >= 15 is 0 Å². The SMILES string of the molecule is CC=C(C)CCC=C(C)CC=C=C(C)C. The molecule has 0 aliphatic rings. The van der Waals surface area contributed by atoms with Crippen molar-refractivity contribution in [1.29, 1.82) is 0 Å². The van der Waals surface area contributed by atoms with Gasteiger partial charge in [0.1, 0.15) is 0 Å². The molecule has 84 valence electrons. The lowest BCUT2D eigenvalue weighted by atomic mass is 10.1. The van der Waals surface area contributed by atoms with E-state index in [1.165, 1.54) is 23.1 Å². The molecule has 0 aromatic heterocycles. The fraction of sp³-hybridized carbons (Fsp3) is 0.533. The molecule has 0 nitrogen and oxygen atoms in total.